The molecule has 1 N–H and O–H groups in total. The molecule has 0 aliphatic rings. The third kappa shape index (κ3) is 3.10. The van der Waals surface area contributed by atoms with Gasteiger partial charge in [0.25, 0.3) is 0 Å². The van der Waals surface area contributed by atoms with Gasteiger partial charge in [-0.3, -0.25) is 4.79 Å². The minimum Gasteiger partial charge on any atom is -0.481 e. The number of hydrogen-bond acceptors (Lipinski definition) is 2. The van der Waals surface area contributed by atoms with Crippen molar-refractivity contribution in [2.75, 3.05) is 0 Å². The Morgan fingerprint density at radius 3 is 2.87 bits per heavy atom. The summed E-state index contributed by atoms with van der Waals surface area (Å²) in [7, 11) is 0. The lowest BCUT2D eigenvalue weighted by atomic mass is 9.96. The summed E-state index contributed by atoms with van der Waals surface area (Å²) in [6.07, 6.45) is 1.09. The van der Waals surface area contributed by atoms with Crippen LogP contribution in [0.5, 0.6) is 0 Å². The van der Waals surface area contributed by atoms with E-state index < -0.39 is 5.97 Å². The van der Waals surface area contributed by atoms with Crippen molar-refractivity contribution in [2.24, 2.45) is 5.92 Å². The lowest BCUT2D eigenvalue weighted by Gasteiger charge is -2.09. The fourth-order valence-corrected chi connectivity index (χ4v) is 1.46. The predicted octanol–water partition coefficient (Wildman–Crippen LogP) is 2.21. The van der Waals surface area contributed by atoms with Crippen LogP contribution in [0.2, 0.25) is 0 Å². The van der Waals surface area contributed by atoms with Crippen molar-refractivity contribution in [3.8, 4) is 6.07 Å². The zero-order valence-electron chi connectivity index (χ0n) is 8.60. The van der Waals surface area contributed by atoms with Crippen LogP contribution in [0.1, 0.15) is 24.5 Å². The van der Waals surface area contributed by atoms with E-state index in [9.17, 15) is 4.79 Å². The molecule has 0 saturated heterocycles. The summed E-state index contributed by atoms with van der Waals surface area (Å²) >= 11 is 0. The topological polar surface area (TPSA) is 61.1 Å². The fourth-order valence-electron chi connectivity index (χ4n) is 1.46. The van der Waals surface area contributed by atoms with Gasteiger partial charge in [0.1, 0.15) is 0 Å². The molecule has 0 spiro atoms. The molecule has 1 atom stereocenters. The fraction of sp³-hybridized carbons (Fsp3) is 0.333. The van der Waals surface area contributed by atoms with Crippen molar-refractivity contribution in [1.29, 1.82) is 5.26 Å². The zero-order valence-corrected chi connectivity index (χ0v) is 8.60. The molecule has 3 heteroatoms. The van der Waals surface area contributed by atoms with E-state index in [1.165, 1.54) is 0 Å². The Morgan fingerprint density at radius 2 is 2.33 bits per heavy atom. The molecule has 0 bridgehead atoms. The highest BCUT2D eigenvalue weighted by Gasteiger charge is 2.15. The van der Waals surface area contributed by atoms with Crippen LogP contribution in [0.3, 0.4) is 0 Å². The van der Waals surface area contributed by atoms with Gasteiger partial charge < -0.3 is 5.11 Å². The first kappa shape index (κ1) is 11.3. The molecule has 0 heterocycles. The van der Waals surface area contributed by atoms with Gasteiger partial charge in [0.05, 0.1) is 17.6 Å². The predicted molar refractivity (Wildman–Crippen MR) is 56.3 cm³/mol. The molecule has 1 aromatic rings. The van der Waals surface area contributed by atoms with Crippen molar-refractivity contribution in [3.63, 3.8) is 0 Å². The van der Waals surface area contributed by atoms with Crippen molar-refractivity contribution in [2.45, 2.75) is 19.8 Å². The van der Waals surface area contributed by atoms with Gasteiger partial charge in [-0.1, -0.05) is 19.1 Å². The standard InChI is InChI=1S/C12H13NO2/c1-2-11(12(14)15)7-9-4-3-5-10(6-9)8-13/h3-6,11H,2,7H2,1H3,(H,14,15). The summed E-state index contributed by atoms with van der Waals surface area (Å²) in [5.74, 6) is -1.14. The minimum atomic E-state index is -0.778. The van der Waals surface area contributed by atoms with Crippen molar-refractivity contribution in [3.05, 3.63) is 35.4 Å². The van der Waals surface area contributed by atoms with E-state index >= 15 is 0 Å². The van der Waals surface area contributed by atoms with Gasteiger partial charge in [-0.05, 0) is 30.5 Å². The van der Waals surface area contributed by atoms with Crippen molar-refractivity contribution >= 4 is 5.97 Å². The second-order valence-electron chi connectivity index (χ2n) is 3.46. The summed E-state index contributed by atoms with van der Waals surface area (Å²) < 4.78 is 0. The number of nitrogens with zero attached hydrogens (tertiary/aromatic N) is 1. The smallest absolute Gasteiger partial charge is 0.306 e. The Balaban J connectivity index is 2.80. The summed E-state index contributed by atoms with van der Waals surface area (Å²) in [6.45, 7) is 1.85. The molecule has 15 heavy (non-hydrogen) atoms. The maximum absolute atomic E-state index is 10.8. The number of benzene rings is 1. The van der Waals surface area contributed by atoms with Gasteiger partial charge in [0.15, 0.2) is 0 Å². The first-order chi connectivity index (χ1) is 7.17. The Hall–Kier alpha value is -1.82. The molecule has 1 unspecified atom stereocenters. The van der Waals surface area contributed by atoms with E-state index in [2.05, 4.69) is 0 Å². The average molecular weight is 203 g/mol. The third-order valence-electron chi connectivity index (χ3n) is 2.38. The highest BCUT2D eigenvalue weighted by Crippen LogP contribution is 2.13. The minimum absolute atomic E-state index is 0.362. The average Bonchev–Trinajstić information content (AvgIpc) is 2.25. The summed E-state index contributed by atoms with van der Waals surface area (Å²) in [5.41, 5.74) is 1.48. The van der Waals surface area contributed by atoms with E-state index in [1.807, 2.05) is 19.1 Å². The van der Waals surface area contributed by atoms with Crippen molar-refractivity contribution < 1.29 is 9.90 Å². The molecule has 0 aliphatic heterocycles. The highest BCUT2D eigenvalue weighted by molar-refractivity contribution is 5.70. The monoisotopic (exact) mass is 203 g/mol. The molecule has 0 aliphatic carbocycles. The Labute approximate surface area is 89.0 Å². The lowest BCUT2D eigenvalue weighted by molar-refractivity contribution is -0.141. The molecule has 0 amide bonds. The molecule has 0 radical (unpaired) electrons. The van der Waals surface area contributed by atoms with Crippen LogP contribution in [0.15, 0.2) is 24.3 Å². The number of carboxylic acid groups (broad SMARTS) is 1. The van der Waals surface area contributed by atoms with Gasteiger partial charge in [0, 0.05) is 0 Å². The maximum atomic E-state index is 10.8. The van der Waals surface area contributed by atoms with Crippen LogP contribution in [0, 0.1) is 17.2 Å². The Morgan fingerprint density at radius 1 is 1.60 bits per heavy atom. The molecular weight excluding hydrogens is 190 g/mol. The number of carboxylic acids is 1. The van der Waals surface area contributed by atoms with Gasteiger partial charge in [-0.2, -0.15) is 5.26 Å². The van der Waals surface area contributed by atoms with Gasteiger partial charge in [0.2, 0.25) is 0 Å². The maximum Gasteiger partial charge on any atom is 0.306 e. The van der Waals surface area contributed by atoms with E-state index in [0.717, 1.165) is 5.56 Å². The zero-order chi connectivity index (χ0) is 11.3. The summed E-state index contributed by atoms with van der Waals surface area (Å²) in [6, 6.07) is 9.13. The van der Waals surface area contributed by atoms with Crippen molar-refractivity contribution in [1.82, 2.24) is 0 Å². The Kier molecular flexibility index (Phi) is 3.87. The third-order valence-corrected chi connectivity index (χ3v) is 2.38. The SMILES string of the molecule is CCC(Cc1cccc(C#N)c1)C(=O)O. The van der Waals surface area contributed by atoms with Gasteiger partial charge in [-0.15, -0.1) is 0 Å². The number of rotatable bonds is 4. The van der Waals surface area contributed by atoms with E-state index in [1.54, 1.807) is 18.2 Å². The molecule has 3 nitrogen and oxygen atoms in total. The van der Waals surface area contributed by atoms with Crippen LogP contribution in [0.25, 0.3) is 0 Å². The van der Waals surface area contributed by atoms with E-state index in [4.69, 9.17) is 10.4 Å². The second-order valence-corrected chi connectivity index (χ2v) is 3.46. The Bertz CT molecular complexity index is 393. The van der Waals surface area contributed by atoms with Crippen LogP contribution < -0.4 is 0 Å². The van der Waals surface area contributed by atoms with Gasteiger partial charge >= 0.3 is 5.97 Å². The van der Waals surface area contributed by atoms with Crippen LogP contribution in [-0.2, 0) is 11.2 Å². The van der Waals surface area contributed by atoms with Crippen LogP contribution in [-0.4, -0.2) is 11.1 Å². The molecule has 0 saturated carbocycles. The van der Waals surface area contributed by atoms with E-state index in [0.29, 0.717) is 18.4 Å². The number of hydrogen-bond donors (Lipinski definition) is 1. The second kappa shape index (κ2) is 5.16. The number of nitriles is 1. The molecule has 1 rings (SSSR count). The number of aliphatic carboxylic acids is 1. The first-order valence-corrected chi connectivity index (χ1v) is 4.89. The van der Waals surface area contributed by atoms with Crippen LogP contribution >= 0.6 is 0 Å². The molecule has 0 aromatic heterocycles. The normalized spacial score (nSPS) is 11.7. The lowest BCUT2D eigenvalue weighted by Crippen LogP contribution is -2.15. The molecule has 78 valence electrons. The largest absolute Gasteiger partial charge is 0.481 e. The van der Waals surface area contributed by atoms with Gasteiger partial charge in [-0.25, -0.2) is 0 Å². The highest BCUT2D eigenvalue weighted by atomic mass is 16.4. The molecular formula is C12H13NO2. The molecule has 0 fully saturated rings. The van der Waals surface area contributed by atoms with E-state index in [-0.39, 0.29) is 5.92 Å². The summed E-state index contributed by atoms with van der Waals surface area (Å²) in [5, 5.41) is 17.6. The first-order valence-electron chi connectivity index (χ1n) is 4.89. The summed E-state index contributed by atoms with van der Waals surface area (Å²) in [4.78, 5) is 10.8. The molecule has 1 aromatic carbocycles. The van der Waals surface area contributed by atoms with Crippen LogP contribution in [0.4, 0.5) is 0 Å². The number of carbonyl (C=O) groups is 1. The quantitative estimate of drug-likeness (QED) is 0.816.